The summed E-state index contributed by atoms with van der Waals surface area (Å²) in [7, 11) is 0. The van der Waals surface area contributed by atoms with Crippen molar-refractivity contribution >= 4 is 28.7 Å². The van der Waals surface area contributed by atoms with E-state index >= 15 is 0 Å². The number of nitrogens with two attached hydrogens (primary N) is 1. The third-order valence-corrected chi connectivity index (χ3v) is 3.54. The summed E-state index contributed by atoms with van der Waals surface area (Å²) in [6, 6.07) is 0. The second-order valence-corrected chi connectivity index (χ2v) is 5.01. The smallest absolute Gasteiger partial charge is 0.203 e. The van der Waals surface area contributed by atoms with Gasteiger partial charge < -0.3 is 10.6 Å². The number of thiocarbonyl (C=S) groups is 1. The summed E-state index contributed by atoms with van der Waals surface area (Å²) in [6.45, 7) is 7.54. The quantitative estimate of drug-likeness (QED) is 0.828. The lowest BCUT2D eigenvalue weighted by atomic mass is 10.1. The molecule has 0 aromatic carbocycles. The maximum absolute atomic E-state index is 5.68. The molecule has 1 atom stereocenters. The Kier molecular flexibility index (Phi) is 3.94. The summed E-state index contributed by atoms with van der Waals surface area (Å²) in [6.07, 6.45) is 3.62. The van der Waals surface area contributed by atoms with Crippen molar-refractivity contribution < 1.29 is 0 Å². The zero-order chi connectivity index (χ0) is 14.0. The van der Waals surface area contributed by atoms with Crippen LogP contribution in [-0.2, 0) is 0 Å². The van der Waals surface area contributed by atoms with Gasteiger partial charge in [0.1, 0.15) is 5.82 Å². The molecule has 0 aliphatic carbocycles. The van der Waals surface area contributed by atoms with E-state index in [4.69, 9.17) is 18.0 Å². The normalized spacial score (nSPS) is 12.6. The lowest BCUT2D eigenvalue weighted by Gasteiger charge is -2.25. The summed E-state index contributed by atoms with van der Waals surface area (Å²) < 4.78 is 1.93. The summed E-state index contributed by atoms with van der Waals surface area (Å²) in [5.41, 5.74) is 6.45. The van der Waals surface area contributed by atoms with Crippen LogP contribution in [0.5, 0.6) is 0 Å². The highest BCUT2D eigenvalue weighted by atomic mass is 32.1. The lowest BCUT2D eigenvalue weighted by molar-refractivity contribution is 0.699. The van der Waals surface area contributed by atoms with Crippen LogP contribution in [-0.4, -0.2) is 37.7 Å². The molecule has 0 radical (unpaired) electrons. The van der Waals surface area contributed by atoms with Crippen LogP contribution >= 0.6 is 12.2 Å². The van der Waals surface area contributed by atoms with Gasteiger partial charge in [-0.15, -0.1) is 10.2 Å². The van der Waals surface area contributed by atoms with Crippen LogP contribution in [0.25, 0.3) is 5.65 Å². The maximum Gasteiger partial charge on any atom is 0.203 e. The predicted octanol–water partition coefficient (Wildman–Crippen LogP) is 1.18. The standard InChI is InChI=1S/C12H18N6S/c1-4-17(7-8(2)10(13)19)11-12-16-15-9(3)18(12)6-5-14-11/h5-6,8H,4,7H2,1-3H3,(H2,13,19). The fraction of sp³-hybridized carbons (Fsp3) is 0.500. The van der Waals surface area contributed by atoms with E-state index in [-0.39, 0.29) is 5.92 Å². The highest BCUT2D eigenvalue weighted by Crippen LogP contribution is 2.18. The molecule has 0 fully saturated rings. The van der Waals surface area contributed by atoms with Crippen molar-refractivity contribution in [3.8, 4) is 0 Å². The largest absolute Gasteiger partial charge is 0.393 e. The average molecular weight is 278 g/mol. The van der Waals surface area contributed by atoms with Crippen LogP contribution in [0.2, 0.25) is 0 Å². The molecule has 7 heteroatoms. The third kappa shape index (κ3) is 2.65. The van der Waals surface area contributed by atoms with Crippen molar-refractivity contribution in [3.05, 3.63) is 18.2 Å². The Hall–Kier alpha value is -1.76. The van der Waals surface area contributed by atoms with Crippen molar-refractivity contribution in [2.45, 2.75) is 20.8 Å². The Morgan fingerprint density at radius 3 is 2.89 bits per heavy atom. The fourth-order valence-electron chi connectivity index (χ4n) is 1.94. The molecule has 6 nitrogen and oxygen atoms in total. The second kappa shape index (κ2) is 5.48. The summed E-state index contributed by atoms with van der Waals surface area (Å²) in [4.78, 5) is 7.06. The molecule has 2 heterocycles. The van der Waals surface area contributed by atoms with Gasteiger partial charge >= 0.3 is 0 Å². The van der Waals surface area contributed by atoms with Gasteiger partial charge in [0.15, 0.2) is 5.82 Å². The Balaban J connectivity index is 2.38. The monoisotopic (exact) mass is 278 g/mol. The highest BCUT2D eigenvalue weighted by molar-refractivity contribution is 7.80. The predicted molar refractivity (Wildman–Crippen MR) is 79.4 cm³/mol. The minimum atomic E-state index is 0.126. The first kappa shape index (κ1) is 13.7. The number of aromatic nitrogens is 4. The highest BCUT2D eigenvalue weighted by Gasteiger charge is 2.17. The SMILES string of the molecule is CCN(CC(C)C(N)=S)c1nccn2c(C)nnc12. The lowest BCUT2D eigenvalue weighted by Crippen LogP contribution is -2.34. The minimum Gasteiger partial charge on any atom is -0.393 e. The summed E-state index contributed by atoms with van der Waals surface area (Å²) in [5.74, 6) is 1.78. The van der Waals surface area contributed by atoms with Gasteiger partial charge in [0.25, 0.3) is 0 Å². The molecular weight excluding hydrogens is 260 g/mol. The Bertz CT molecular complexity index is 593. The Labute approximate surface area is 117 Å². The molecule has 0 aliphatic rings. The van der Waals surface area contributed by atoms with Crippen LogP contribution in [0.15, 0.2) is 12.4 Å². The first-order chi connectivity index (χ1) is 9.04. The molecule has 0 spiro atoms. The van der Waals surface area contributed by atoms with E-state index < -0.39 is 0 Å². The van der Waals surface area contributed by atoms with Gasteiger partial charge in [-0.2, -0.15) is 0 Å². The Morgan fingerprint density at radius 1 is 1.53 bits per heavy atom. The van der Waals surface area contributed by atoms with Gasteiger partial charge in [-0.3, -0.25) is 4.40 Å². The minimum absolute atomic E-state index is 0.126. The van der Waals surface area contributed by atoms with Crippen LogP contribution in [0, 0.1) is 12.8 Å². The molecule has 2 aromatic rings. The van der Waals surface area contributed by atoms with Crippen molar-refractivity contribution in [3.63, 3.8) is 0 Å². The first-order valence-corrected chi connectivity index (χ1v) is 6.66. The van der Waals surface area contributed by atoms with E-state index in [2.05, 4.69) is 27.0 Å². The van der Waals surface area contributed by atoms with Crippen LogP contribution in [0.3, 0.4) is 0 Å². The van der Waals surface area contributed by atoms with Crippen molar-refractivity contribution in [1.82, 2.24) is 19.6 Å². The molecule has 102 valence electrons. The number of nitrogens with zero attached hydrogens (tertiary/aromatic N) is 5. The fourth-order valence-corrected chi connectivity index (χ4v) is 2.01. The molecule has 0 amide bonds. The maximum atomic E-state index is 5.68. The molecule has 0 saturated heterocycles. The average Bonchev–Trinajstić information content (AvgIpc) is 2.77. The molecule has 0 saturated carbocycles. The zero-order valence-electron chi connectivity index (χ0n) is 11.4. The van der Waals surface area contributed by atoms with Gasteiger partial charge in [-0.25, -0.2) is 4.98 Å². The molecule has 0 aliphatic heterocycles. The van der Waals surface area contributed by atoms with Crippen LogP contribution in [0.4, 0.5) is 5.82 Å². The van der Waals surface area contributed by atoms with Crippen molar-refractivity contribution in [1.29, 1.82) is 0 Å². The summed E-state index contributed by atoms with van der Waals surface area (Å²) >= 11 is 5.03. The number of rotatable bonds is 5. The molecule has 2 aromatic heterocycles. The molecular formula is C12H18N6S. The van der Waals surface area contributed by atoms with E-state index in [9.17, 15) is 0 Å². The van der Waals surface area contributed by atoms with Gasteiger partial charge in [0.05, 0.1) is 4.99 Å². The molecule has 2 rings (SSSR count). The van der Waals surface area contributed by atoms with Crippen LogP contribution < -0.4 is 10.6 Å². The second-order valence-electron chi connectivity index (χ2n) is 4.53. The third-order valence-electron chi connectivity index (χ3n) is 3.14. The first-order valence-electron chi connectivity index (χ1n) is 6.25. The number of aryl methyl sites for hydroxylation is 1. The van der Waals surface area contributed by atoms with Crippen molar-refractivity contribution in [2.75, 3.05) is 18.0 Å². The molecule has 0 bridgehead atoms. The molecule has 1 unspecified atom stereocenters. The zero-order valence-corrected chi connectivity index (χ0v) is 12.2. The van der Waals surface area contributed by atoms with Gasteiger partial charge in [-0.1, -0.05) is 19.1 Å². The van der Waals surface area contributed by atoms with Crippen LogP contribution in [0.1, 0.15) is 19.7 Å². The van der Waals surface area contributed by atoms with Crippen molar-refractivity contribution in [2.24, 2.45) is 11.7 Å². The number of anilines is 1. The summed E-state index contributed by atoms with van der Waals surface area (Å²) in [5, 5.41) is 8.27. The topological polar surface area (TPSA) is 72.3 Å². The number of hydrogen-bond acceptors (Lipinski definition) is 5. The van der Waals surface area contributed by atoms with Gasteiger partial charge in [0, 0.05) is 31.4 Å². The molecule has 19 heavy (non-hydrogen) atoms. The van der Waals surface area contributed by atoms with E-state index in [1.807, 2.05) is 24.4 Å². The van der Waals surface area contributed by atoms with E-state index in [1.54, 1.807) is 6.20 Å². The van der Waals surface area contributed by atoms with E-state index in [0.29, 0.717) is 4.99 Å². The van der Waals surface area contributed by atoms with Gasteiger partial charge in [0.2, 0.25) is 5.65 Å². The van der Waals surface area contributed by atoms with Gasteiger partial charge in [-0.05, 0) is 13.8 Å². The Morgan fingerprint density at radius 2 is 2.26 bits per heavy atom. The molecule has 2 N–H and O–H groups in total. The number of fused-ring (bicyclic) bond motifs is 1. The van der Waals surface area contributed by atoms with E-state index in [1.165, 1.54) is 0 Å². The number of hydrogen-bond donors (Lipinski definition) is 1. The van der Waals surface area contributed by atoms with E-state index in [0.717, 1.165) is 30.4 Å².